The van der Waals surface area contributed by atoms with E-state index in [-0.39, 0.29) is 0 Å². The lowest BCUT2D eigenvalue weighted by atomic mass is 10.1. The first kappa shape index (κ1) is 11.5. The smallest absolute Gasteiger partial charge is 0.169 e. The molecule has 1 saturated heterocycles. The summed E-state index contributed by atoms with van der Waals surface area (Å²) in [4.78, 5) is 2.41. The molecule has 0 bridgehead atoms. The summed E-state index contributed by atoms with van der Waals surface area (Å²) < 4.78 is 5.39. The van der Waals surface area contributed by atoms with Gasteiger partial charge in [0.15, 0.2) is 5.58 Å². The van der Waals surface area contributed by atoms with Crippen molar-refractivity contribution in [3.63, 3.8) is 0 Å². The minimum Gasteiger partial charge on any atom is -0.371 e. The van der Waals surface area contributed by atoms with Crippen molar-refractivity contribution in [2.24, 2.45) is 11.7 Å². The van der Waals surface area contributed by atoms with Gasteiger partial charge in [0.25, 0.3) is 0 Å². The average molecular weight is 245 g/mol. The number of nitrogens with zero attached hydrogens (tertiary/aromatic N) is 2. The van der Waals surface area contributed by atoms with Gasteiger partial charge >= 0.3 is 0 Å². The molecule has 96 valence electrons. The second kappa shape index (κ2) is 4.61. The molecule has 2 aromatic rings. The highest BCUT2D eigenvalue weighted by molar-refractivity contribution is 5.93. The van der Waals surface area contributed by atoms with Crippen LogP contribution < -0.4 is 10.6 Å². The van der Waals surface area contributed by atoms with E-state index < -0.39 is 0 Å². The summed E-state index contributed by atoms with van der Waals surface area (Å²) in [7, 11) is 0. The zero-order chi connectivity index (χ0) is 12.5. The predicted molar refractivity (Wildman–Crippen MR) is 72.8 cm³/mol. The minimum atomic E-state index is 0.616. The second-order valence-electron chi connectivity index (χ2n) is 4.97. The number of aromatic nitrogens is 1. The van der Waals surface area contributed by atoms with Crippen LogP contribution in [0, 0.1) is 5.92 Å². The molecule has 2 N–H and O–H groups in total. The third kappa shape index (κ3) is 1.77. The molecular formula is C14H19N3O. The Morgan fingerprint density at radius 2 is 2.39 bits per heavy atom. The van der Waals surface area contributed by atoms with Gasteiger partial charge in [-0.25, -0.2) is 0 Å². The van der Waals surface area contributed by atoms with Crippen molar-refractivity contribution in [3.8, 4) is 0 Å². The van der Waals surface area contributed by atoms with Crippen molar-refractivity contribution >= 4 is 16.7 Å². The maximum Gasteiger partial charge on any atom is 0.169 e. The summed E-state index contributed by atoms with van der Waals surface area (Å²) >= 11 is 0. The highest BCUT2D eigenvalue weighted by atomic mass is 16.5. The Kier molecular flexibility index (Phi) is 2.96. The van der Waals surface area contributed by atoms with E-state index in [1.54, 1.807) is 0 Å². The van der Waals surface area contributed by atoms with Gasteiger partial charge in [-0.2, -0.15) is 0 Å². The van der Waals surface area contributed by atoms with Crippen LogP contribution in [0.5, 0.6) is 0 Å². The van der Waals surface area contributed by atoms with Crippen molar-refractivity contribution in [3.05, 3.63) is 23.9 Å². The van der Waals surface area contributed by atoms with Gasteiger partial charge in [0.05, 0.1) is 11.1 Å². The van der Waals surface area contributed by atoms with Crippen molar-refractivity contribution in [1.29, 1.82) is 0 Å². The number of nitrogens with two attached hydrogens (primary N) is 1. The van der Waals surface area contributed by atoms with E-state index in [0.29, 0.717) is 5.92 Å². The monoisotopic (exact) mass is 245 g/mol. The Bertz CT molecular complexity index is 549. The summed E-state index contributed by atoms with van der Waals surface area (Å²) in [5, 5.41) is 5.34. The highest BCUT2D eigenvalue weighted by Gasteiger charge is 2.24. The summed E-state index contributed by atoms with van der Waals surface area (Å²) in [5.74, 6) is 0.616. The summed E-state index contributed by atoms with van der Waals surface area (Å²) in [5.41, 5.74) is 8.96. The fraction of sp³-hybridized carbons (Fsp3) is 0.500. The molecule has 1 aliphatic rings. The van der Waals surface area contributed by atoms with Crippen LogP contribution in [0.15, 0.2) is 22.7 Å². The third-order valence-corrected chi connectivity index (χ3v) is 3.84. The molecule has 0 aliphatic carbocycles. The van der Waals surface area contributed by atoms with Gasteiger partial charge in [0.1, 0.15) is 0 Å². The largest absolute Gasteiger partial charge is 0.371 e. The van der Waals surface area contributed by atoms with E-state index in [0.717, 1.165) is 37.3 Å². The number of anilines is 1. The number of hydrogen-bond acceptors (Lipinski definition) is 4. The van der Waals surface area contributed by atoms with Crippen LogP contribution in [-0.2, 0) is 6.42 Å². The lowest BCUT2D eigenvalue weighted by Crippen LogP contribution is -2.22. The molecule has 3 rings (SSSR count). The number of aryl methyl sites for hydroxylation is 1. The van der Waals surface area contributed by atoms with E-state index in [2.05, 4.69) is 23.0 Å². The Labute approximate surface area is 107 Å². The summed E-state index contributed by atoms with van der Waals surface area (Å²) in [6.45, 7) is 5.01. The van der Waals surface area contributed by atoms with Gasteiger partial charge in [0.2, 0.25) is 0 Å². The molecule has 1 fully saturated rings. The van der Waals surface area contributed by atoms with E-state index in [1.165, 1.54) is 17.5 Å². The Hall–Kier alpha value is -1.55. The second-order valence-corrected chi connectivity index (χ2v) is 4.97. The van der Waals surface area contributed by atoms with E-state index >= 15 is 0 Å². The molecule has 1 aromatic carbocycles. The predicted octanol–water partition coefficient (Wildman–Crippen LogP) is 2.18. The fourth-order valence-corrected chi connectivity index (χ4v) is 2.78. The first-order valence-electron chi connectivity index (χ1n) is 6.65. The van der Waals surface area contributed by atoms with Gasteiger partial charge in [0, 0.05) is 18.8 Å². The van der Waals surface area contributed by atoms with E-state index in [9.17, 15) is 0 Å². The topological polar surface area (TPSA) is 55.3 Å². The van der Waals surface area contributed by atoms with Crippen molar-refractivity contribution in [1.82, 2.24) is 5.16 Å². The molecule has 1 aliphatic heterocycles. The van der Waals surface area contributed by atoms with Gasteiger partial charge in [-0.1, -0.05) is 18.1 Å². The van der Waals surface area contributed by atoms with Crippen LogP contribution in [0.3, 0.4) is 0 Å². The molecule has 0 saturated carbocycles. The Morgan fingerprint density at radius 1 is 1.50 bits per heavy atom. The first-order chi connectivity index (χ1) is 8.83. The summed E-state index contributed by atoms with van der Waals surface area (Å²) in [6, 6.07) is 6.19. The van der Waals surface area contributed by atoms with Crippen molar-refractivity contribution in [2.45, 2.75) is 19.8 Å². The fourth-order valence-electron chi connectivity index (χ4n) is 2.78. The van der Waals surface area contributed by atoms with Gasteiger partial charge in [-0.15, -0.1) is 0 Å². The Balaban J connectivity index is 2.03. The Morgan fingerprint density at radius 3 is 3.11 bits per heavy atom. The van der Waals surface area contributed by atoms with Crippen LogP contribution in [0.4, 0.5) is 5.69 Å². The molecule has 4 nitrogen and oxygen atoms in total. The standard InChI is InChI=1S/C14H19N3O/c1-2-11-14-12(4-3-5-13(14)18-16-11)17-7-6-10(8-15)9-17/h3-5,10H,2,6-9,15H2,1H3. The molecule has 18 heavy (non-hydrogen) atoms. The zero-order valence-corrected chi connectivity index (χ0v) is 10.7. The molecular weight excluding hydrogens is 226 g/mol. The lowest BCUT2D eigenvalue weighted by molar-refractivity contribution is 0.447. The number of fused-ring (bicyclic) bond motifs is 1. The van der Waals surface area contributed by atoms with Crippen LogP contribution in [-0.4, -0.2) is 24.8 Å². The number of hydrogen-bond donors (Lipinski definition) is 1. The minimum absolute atomic E-state index is 0.616. The van der Waals surface area contributed by atoms with Crippen molar-refractivity contribution < 1.29 is 4.52 Å². The molecule has 0 amide bonds. The summed E-state index contributed by atoms with van der Waals surface area (Å²) in [6.07, 6.45) is 2.08. The lowest BCUT2D eigenvalue weighted by Gasteiger charge is -2.19. The number of benzene rings is 1. The zero-order valence-electron chi connectivity index (χ0n) is 10.7. The quantitative estimate of drug-likeness (QED) is 0.900. The maximum absolute atomic E-state index is 5.77. The van der Waals surface area contributed by atoms with Crippen molar-refractivity contribution in [2.75, 3.05) is 24.5 Å². The maximum atomic E-state index is 5.77. The van der Waals surface area contributed by atoms with Gasteiger partial charge in [-0.3, -0.25) is 0 Å². The van der Waals surface area contributed by atoms with E-state index in [1.807, 2.05) is 12.1 Å². The van der Waals surface area contributed by atoms with Gasteiger partial charge < -0.3 is 15.2 Å². The SMILES string of the molecule is CCc1noc2cccc(N3CCC(CN)C3)c12. The van der Waals surface area contributed by atoms with Crippen LogP contribution in [0.1, 0.15) is 19.0 Å². The molecule has 1 atom stereocenters. The van der Waals surface area contributed by atoms with Crippen LogP contribution in [0.25, 0.3) is 11.0 Å². The van der Waals surface area contributed by atoms with E-state index in [4.69, 9.17) is 10.3 Å². The van der Waals surface area contributed by atoms with Crippen LogP contribution >= 0.6 is 0 Å². The average Bonchev–Trinajstić information content (AvgIpc) is 3.04. The highest BCUT2D eigenvalue weighted by Crippen LogP contribution is 2.33. The molecule has 2 heterocycles. The molecule has 4 heteroatoms. The normalized spacial score (nSPS) is 19.9. The van der Waals surface area contributed by atoms with Gasteiger partial charge in [-0.05, 0) is 37.4 Å². The molecule has 0 radical (unpaired) electrons. The third-order valence-electron chi connectivity index (χ3n) is 3.84. The molecule has 1 unspecified atom stereocenters. The van der Waals surface area contributed by atoms with Crippen LogP contribution in [0.2, 0.25) is 0 Å². The molecule has 1 aromatic heterocycles. The number of rotatable bonds is 3. The molecule has 0 spiro atoms. The first-order valence-corrected chi connectivity index (χ1v) is 6.65.